The molecule has 92 valence electrons. The van der Waals surface area contributed by atoms with Crippen molar-refractivity contribution in [1.29, 1.82) is 5.26 Å². The van der Waals surface area contributed by atoms with Crippen molar-refractivity contribution in [3.8, 4) is 6.07 Å². The minimum Gasteiger partial charge on any atom is -0.393 e. The van der Waals surface area contributed by atoms with Gasteiger partial charge in [0.25, 0.3) is 5.91 Å². The van der Waals surface area contributed by atoms with Gasteiger partial charge < -0.3 is 10.6 Å². The third-order valence-corrected chi connectivity index (χ3v) is 2.20. The number of hydrogen-bond donors (Lipinski definition) is 2. The summed E-state index contributed by atoms with van der Waals surface area (Å²) in [6.45, 7) is 1.47. The monoisotopic (exact) mass is 243 g/mol. The van der Waals surface area contributed by atoms with Gasteiger partial charge in [0.1, 0.15) is 11.6 Å². The number of nitrogens with zero attached hydrogens (tertiary/aromatic N) is 1. The fourth-order valence-corrected chi connectivity index (χ4v) is 1.28. The topological polar surface area (TPSA) is 82.0 Å². The maximum atomic E-state index is 11.6. The van der Waals surface area contributed by atoms with Gasteiger partial charge in [-0.2, -0.15) is 5.26 Å². The molecule has 0 aromatic heterocycles. The maximum Gasteiger partial charge on any atom is 0.267 e. The molecule has 0 heterocycles. The lowest BCUT2D eigenvalue weighted by Crippen LogP contribution is -2.15. The van der Waals surface area contributed by atoms with Crippen LogP contribution in [0, 0.1) is 11.3 Å². The van der Waals surface area contributed by atoms with Crippen LogP contribution in [-0.4, -0.2) is 18.7 Å². The summed E-state index contributed by atoms with van der Waals surface area (Å²) >= 11 is 0. The fourth-order valence-electron chi connectivity index (χ4n) is 1.28. The zero-order valence-corrected chi connectivity index (χ0v) is 10.2. The van der Waals surface area contributed by atoms with Crippen molar-refractivity contribution in [3.05, 3.63) is 41.6 Å². The average Bonchev–Trinajstić information content (AvgIpc) is 2.36. The Balaban J connectivity index is 2.80. The van der Waals surface area contributed by atoms with Crippen LogP contribution in [-0.2, 0) is 4.79 Å². The Kier molecular flexibility index (Phi) is 4.64. The lowest BCUT2D eigenvalue weighted by molar-refractivity contribution is -0.112. The number of rotatable bonds is 4. The summed E-state index contributed by atoms with van der Waals surface area (Å²) in [4.78, 5) is 22.7. The lowest BCUT2D eigenvalue weighted by Gasteiger charge is -2.04. The van der Waals surface area contributed by atoms with Gasteiger partial charge in [-0.15, -0.1) is 0 Å². The fraction of sp³-hybridized carbons (Fsp3) is 0.154. The summed E-state index contributed by atoms with van der Waals surface area (Å²) in [6, 6.07) is 8.25. The van der Waals surface area contributed by atoms with Crippen LogP contribution in [0.1, 0.15) is 17.3 Å². The minimum atomic E-state index is -0.498. The number of hydrogen-bond acceptors (Lipinski definition) is 4. The van der Waals surface area contributed by atoms with E-state index in [-0.39, 0.29) is 11.4 Å². The van der Waals surface area contributed by atoms with Crippen molar-refractivity contribution in [1.82, 2.24) is 5.32 Å². The van der Waals surface area contributed by atoms with Crippen LogP contribution in [0.3, 0.4) is 0 Å². The van der Waals surface area contributed by atoms with E-state index in [0.717, 1.165) is 0 Å². The van der Waals surface area contributed by atoms with Gasteiger partial charge in [-0.3, -0.25) is 9.59 Å². The van der Waals surface area contributed by atoms with Crippen molar-refractivity contribution in [2.45, 2.75) is 6.92 Å². The van der Waals surface area contributed by atoms with E-state index < -0.39 is 5.91 Å². The van der Waals surface area contributed by atoms with Gasteiger partial charge in [-0.05, 0) is 31.2 Å². The van der Waals surface area contributed by atoms with Gasteiger partial charge in [0.05, 0.1) is 0 Å². The SMILES string of the molecule is CN/C=C(/C#N)C(=O)Nc1ccc(C(C)=O)cc1. The number of Topliss-reactive ketones (excluding diaryl/α,β-unsaturated/α-hetero) is 1. The van der Waals surface area contributed by atoms with Crippen LogP contribution >= 0.6 is 0 Å². The first kappa shape index (κ1) is 13.5. The highest BCUT2D eigenvalue weighted by molar-refractivity contribution is 6.06. The van der Waals surface area contributed by atoms with Gasteiger partial charge in [-0.1, -0.05) is 0 Å². The van der Waals surface area contributed by atoms with E-state index >= 15 is 0 Å². The van der Waals surface area contributed by atoms with E-state index in [9.17, 15) is 9.59 Å². The highest BCUT2D eigenvalue weighted by Crippen LogP contribution is 2.11. The lowest BCUT2D eigenvalue weighted by atomic mass is 10.1. The molecular formula is C13H13N3O2. The van der Waals surface area contributed by atoms with Crippen molar-refractivity contribution >= 4 is 17.4 Å². The first-order chi connectivity index (χ1) is 8.58. The van der Waals surface area contributed by atoms with E-state index in [1.54, 1.807) is 37.4 Å². The highest BCUT2D eigenvalue weighted by atomic mass is 16.1. The molecule has 1 rings (SSSR count). The third kappa shape index (κ3) is 3.46. The number of carbonyl (C=O) groups excluding carboxylic acids is 2. The predicted molar refractivity (Wildman–Crippen MR) is 67.8 cm³/mol. The second-order valence-electron chi connectivity index (χ2n) is 3.55. The molecule has 0 fully saturated rings. The standard InChI is InChI=1S/C13H13N3O2/c1-9(17)10-3-5-12(6-4-10)16-13(18)11(7-14)8-15-2/h3-6,8,15H,1-2H3,(H,16,18)/b11-8-. The van der Waals surface area contributed by atoms with Gasteiger partial charge in [-0.25, -0.2) is 0 Å². The zero-order chi connectivity index (χ0) is 13.5. The van der Waals surface area contributed by atoms with Crippen molar-refractivity contribution in [2.24, 2.45) is 0 Å². The van der Waals surface area contributed by atoms with Gasteiger partial charge in [0, 0.05) is 24.5 Å². The largest absolute Gasteiger partial charge is 0.393 e. The third-order valence-electron chi connectivity index (χ3n) is 2.20. The van der Waals surface area contributed by atoms with E-state index in [1.165, 1.54) is 13.1 Å². The average molecular weight is 243 g/mol. The predicted octanol–water partition coefficient (Wildman–Crippen LogP) is 1.45. The number of nitrogens with one attached hydrogen (secondary N) is 2. The summed E-state index contributed by atoms with van der Waals surface area (Å²) in [5, 5.41) is 13.9. The molecule has 1 amide bonds. The van der Waals surface area contributed by atoms with Crippen LogP contribution in [0.4, 0.5) is 5.69 Å². The summed E-state index contributed by atoms with van der Waals surface area (Å²) in [5.41, 5.74) is 1.08. The molecule has 0 atom stereocenters. The Morgan fingerprint density at radius 3 is 2.33 bits per heavy atom. The molecule has 0 aliphatic carbocycles. The molecule has 0 aliphatic rings. The van der Waals surface area contributed by atoms with Crippen LogP contribution in [0.15, 0.2) is 36.0 Å². The Morgan fingerprint density at radius 1 is 1.28 bits per heavy atom. The van der Waals surface area contributed by atoms with E-state index in [1.807, 2.05) is 0 Å². The first-order valence-electron chi connectivity index (χ1n) is 5.28. The second-order valence-corrected chi connectivity index (χ2v) is 3.55. The zero-order valence-electron chi connectivity index (χ0n) is 10.2. The molecule has 2 N–H and O–H groups in total. The van der Waals surface area contributed by atoms with Gasteiger partial charge in [0.2, 0.25) is 0 Å². The maximum absolute atomic E-state index is 11.6. The van der Waals surface area contributed by atoms with Crippen LogP contribution in [0.25, 0.3) is 0 Å². The number of nitriles is 1. The normalized spacial score (nSPS) is 10.4. The molecule has 0 saturated heterocycles. The van der Waals surface area contributed by atoms with Gasteiger partial charge >= 0.3 is 0 Å². The molecule has 18 heavy (non-hydrogen) atoms. The molecule has 0 spiro atoms. The number of amides is 1. The van der Waals surface area contributed by atoms with Crippen LogP contribution in [0.2, 0.25) is 0 Å². The summed E-state index contributed by atoms with van der Waals surface area (Å²) < 4.78 is 0. The number of benzene rings is 1. The second kappa shape index (κ2) is 6.21. The van der Waals surface area contributed by atoms with E-state index in [4.69, 9.17) is 5.26 Å². The summed E-state index contributed by atoms with van der Waals surface area (Å²) in [7, 11) is 1.60. The molecule has 0 bridgehead atoms. The molecule has 0 saturated carbocycles. The molecule has 5 nitrogen and oxygen atoms in total. The quantitative estimate of drug-likeness (QED) is 0.476. The van der Waals surface area contributed by atoms with Crippen molar-refractivity contribution < 1.29 is 9.59 Å². The Bertz CT molecular complexity index is 524. The number of ketones is 1. The Labute approximate surface area is 105 Å². The molecule has 1 aromatic carbocycles. The molecule has 1 aromatic rings. The Morgan fingerprint density at radius 2 is 1.89 bits per heavy atom. The highest BCUT2D eigenvalue weighted by Gasteiger charge is 2.08. The van der Waals surface area contributed by atoms with Gasteiger partial charge in [0.15, 0.2) is 5.78 Å². The smallest absolute Gasteiger partial charge is 0.267 e. The van der Waals surface area contributed by atoms with E-state index in [0.29, 0.717) is 11.3 Å². The van der Waals surface area contributed by atoms with Crippen LogP contribution < -0.4 is 10.6 Å². The molecule has 0 radical (unpaired) electrons. The summed E-state index contributed by atoms with van der Waals surface area (Å²) in [6.07, 6.45) is 1.32. The molecule has 0 unspecified atom stereocenters. The molecule has 5 heteroatoms. The van der Waals surface area contributed by atoms with E-state index in [2.05, 4.69) is 10.6 Å². The van der Waals surface area contributed by atoms with Crippen molar-refractivity contribution in [2.75, 3.05) is 12.4 Å². The van der Waals surface area contributed by atoms with Crippen LogP contribution in [0.5, 0.6) is 0 Å². The molecular weight excluding hydrogens is 230 g/mol. The summed E-state index contributed by atoms with van der Waals surface area (Å²) in [5.74, 6) is -0.539. The molecule has 0 aliphatic heterocycles. The Hall–Kier alpha value is -2.61. The minimum absolute atomic E-state index is 0.0202. The number of anilines is 1. The first-order valence-corrected chi connectivity index (χ1v) is 5.28. The van der Waals surface area contributed by atoms with Crippen molar-refractivity contribution in [3.63, 3.8) is 0 Å². The number of carbonyl (C=O) groups is 2.